The van der Waals surface area contributed by atoms with Gasteiger partial charge in [0.2, 0.25) is 0 Å². The van der Waals surface area contributed by atoms with Crippen LogP contribution in [0.2, 0.25) is 0 Å². The van der Waals surface area contributed by atoms with Gasteiger partial charge >= 0.3 is 0 Å². The van der Waals surface area contributed by atoms with Crippen LogP contribution in [0.5, 0.6) is 0 Å². The molecule has 1 fully saturated rings. The van der Waals surface area contributed by atoms with E-state index in [-0.39, 0.29) is 11.9 Å². The molecule has 2 heterocycles. The van der Waals surface area contributed by atoms with Gasteiger partial charge in [0, 0.05) is 45.0 Å². The molecule has 3 rings (SSSR count). The van der Waals surface area contributed by atoms with Crippen LogP contribution in [-0.2, 0) is 0 Å². The number of aromatic nitrogens is 1. The maximum absolute atomic E-state index is 12.2. The number of hydrogen-bond donors (Lipinski definition) is 1. The Bertz CT molecular complexity index is 765. The number of amides is 1. The topological polar surface area (TPSA) is 48.5 Å². The van der Waals surface area contributed by atoms with Crippen LogP contribution in [0.15, 0.2) is 54.9 Å². The second-order valence-electron chi connectivity index (χ2n) is 7.16. The van der Waals surface area contributed by atoms with Gasteiger partial charge in [0.15, 0.2) is 0 Å². The van der Waals surface area contributed by atoms with Crippen LogP contribution in [0, 0.1) is 0 Å². The Morgan fingerprint density at radius 3 is 2.59 bits per heavy atom. The largest absolute Gasteiger partial charge is 0.368 e. The van der Waals surface area contributed by atoms with E-state index in [1.165, 1.54) is 5.56 Å². The minimum atomic E-state index is -0.0657. The lowest BCUT2D eigenvalue weighted by Crippen LogP contribution is -2.46. The van der Waals surface area contributed by atoms with Crippen LogP contribution < -0.4 is 10.2 Å². The van der Waals surface area contributed by atoms with Gasteiger partial charge in [-0.1, -0.05) is 42.5 Å². The first-order chi connectivity index (χ1) is 13.1. The third-order valence-corrected chi connectivity index (χ3v) is 4.62. The van der Waals surface area contributed by atoms with E-state index in [4.69, 9.17) is 0 Å². The molecule has 1 aliphatic heterocycles. The van der Waals surface area contributed by atoms with E-state index in [9.17, 15) is 4.79 Å². The number of nitrogens with zero attached hydrogens (tertiary/aromatic N) is 3. The lowest BCUT2D eigenvalue weighted by molar-refractivity contribution is 0.0943. The molecule has 27 heavy (non-hydrogen) atoms. The number of anilines is 1. The molecule has 2 aromatic rings. The fraction of sp³-hybridized carbons (Fsp3) is 0.364. The molecule has 1 aromatic heterocycles. The lowest BCUT2D eigenvalue weighted by Gasteiger charge is -2.35. The van der Waals surface area contributed by atoms with Gasteiger partial charge in [0.25, 0.3) is 5.91 Å². The Hall–Kier alpha value is -2.66. The molecule has 0 aliphatic carbocycles. The first-order valence-corrected chi connectivity index (χ1v) is 9.56. The quantitative estimate of drug-likeness (QED) is 0.856. The number of rotatable bonds is 6. The summed E-state index contributed by atoms with van der Waals surface area (Å²) in [6, 6.07) is 12.4. The van der Waals surface area contributed by atoms with Gasteiger partial charge in [0.05, 0.1) is 17.4 Å². The summed E-state index contributed by atoms with van der Waals surface area (Å²) in [4.78, 5) is 21.2. The summed E-state index contributed by atoms with van der Waals surface area (Å²) in [6.07, 6.45) is 7.87. The number of hydrogen-bond acceptors (Lipinski definition) is 4. The minimum Gasteiger partial charge on any atom is -0.368 e. The third kappa shape index (κ3) is 5.66. The molecule has 1 aliphatic rings. The van der Waals surface area contributed by atoms with Crippen molar-refractivity contribution in [1.82, 2.24) is 15.2 Å². The Balaban J connectivity index is 1.52. The van der Waals surface area contributed by atoms with E-state index in [1.807, 2.05) is 32.2 Å². The average Bonchev–Trinajstić information content (AvgIpc) is 2.69. The number of carbonyl (C=O) groups excluding carboxylic acids is 1. The molecule has 1 saturated heterocycles. The molecule has 5 nitrogen and oxygen atoms in total. The molecule has 0 saturated carbocycles. The van der Waals surface area contributed by atoms with Crippen molar-refractivity contribution in [2.24, 2.45) is 0 Å². The zero-order valence-corrected chi connectivity index (χ0v) is 16.1. The number of pyridine rings is 1. The van der Waals surface area contributed by atoms with E-state index in [0.717, 1.165) is 38.4 Å². The summed E-state index contributed by atoms with van der Waals surface area (Å²) in [7, 11) is 0. The van der Waals surface area contributed by atoms with Gasteiger partial charge in [-0.25, -0.2) is 0 Å². The van der Waals surface area contributed by atoms with Crippen LogP contribution in [0.4, 0.5) is 5.69 Å². The fourth-order valence-electron chi connectivity index (χ4n) is 3.16. The van der Waals surface area contributed by atoms with E-state index in [1.54, 1.807) is 6.20 Å². The third-order valence-electron chi connectivity index (χ3n) is 4.62. The predicted octanol–water partition coefficient (Wildman–Crippen LogP) is 3.06. The maximum atomic E-state index is 12.2. The van der Waals surface area contributed by atoms with Gasteiger partial charge in [-0.05, 0) is 25.5 Å². The molecule has 0 spiro atoms. The predicted molar refractivity (Wildman–Crippen MR) is 111 cm³/mol. The normalized spacial score (nSPS) is 15.4. The van der Waals surface area contributed by atoms with Crippen molar-refractivity contribution >= 4 is 17.7 Å². The minimum absolute atomic E-state index is 0.0657. The zero-order valence-electron chi connectivity index (χ0n) is 16.1. The van der Waals surface area contributed by atoms with Crippen LogP contribution >= 0.6 is 0 Å². The molecular formula is C22H28N4O. The average molecular weight is 364 g/mol. The molecule has 1 amide bonds. The van der Waals surface area contributed by atoms with Crippen LogP contribution in [0.3, 0.4) is 0 Å². The Kier molecular flexibility index (Phi) is 6.60. The van der Waals surface area contributed by atoms with Crippen LogP contribution in [0.1, 0.15) is 29.8 Å². The van der Waals surface area contributed by atoms with Crippen molar-refractivity contribution in [3.63, 3.8) is 0 Å². The second kappa shape index (κ2) is 9.33. The summed E-state index contributed by atoms with van der Waals surface area (Å²) in [5.41, 5.74) is 2.87. The van der Waals surface area contributed by atoms with E-state index in [2.05, 4.69) is 56.5 Å². The summed E-state index contributed by atoms with van der Waals surface area (Å²) in [5.74, 6) is -0.0657. The smallest absolute Gasteiger partial charge is 0.253 e. The Labute approximate surface area is 161 Å². The van der Waals surface area contributed by atoms with Crippen LogP contribution in [0.25, 0.3) is 6.08 Å². The van der Waals surface area contributed by atoms with Gasteiger partial charge < -0.3 is 10.2 Å². The highest BCUT2D eigenvalue weighted by Gasteiger charge is 2.18. The molecule has 0 atom stereocenters. The molecular weight excluding hydrogens is 336 g/mol. The zero-order chi connectivity index (χ0) is 19.1. The number of piperazine rings is 1. The summed E-state index contributed by atoms with van der Waals surface area (Å²) in [5, 5.41) is 2.92. The monoisotopic (exact) mass is 364 g/mol. The van der Waals surface area contributed by atoms with E-state index >= 15 is 0 Å². The van der Waals surface area contributed by atoms with Gasteiger partial charge in [-0.15, -0.1) is 0 Å². The molecule has 0 bridgehead atoms. The maximum Gasteiger partial charge on any atom is 0.253 e. The highest BCUT2D eigenvalue weighted by atomic mass is 16.1. The lowest BCUT2D eigenvalue weighted by atomic mass is 10.2. The molecule has 1 aromatic carbocycles. The molecule has 0 radical (unpaired) electrons. The Morgan fingerprint density at radius 1 is 1.15 bits per heavy atom. The standard InChI is InChI=1S/C22H28N4O/c1-18(2)24-22(27)20-15-21(17-23-16-20)26-13-11-25(12-14-26)10-6-9-19-7-4-3-5-8-19/h3-9,15-18H,10-14H2,1-2H3,(H,24,27)/b9-6+. The first kappa shape index (κ1) is 19.1. The molecule has 0 unspecified atom stereocenters. The summed E-state index contributed by atoms with van der Waals surface area (Å²) < 4.78 is 0. The van der Waals surface area contributed by atoms with Crippen molar-refractivity contribution < 1.29 is 4.79 Å². The van der Waals surface area contributed by atoms with E-state index in [0.29, 0.717) is 5.56 Å². The summed E-state index contributed by atoms with van der Waals surface area (Å²) >= 11 is 0. The van der Waals surface area contributed by atoms with Crippen molar-refractivity contribution in [3.05, 3.63) is 66.0 Å². The highest BCUT2D eigenvalue weighted by molar-refractivity contribution is 5.94. The van der Waals surface area contributed by atoms with Gasteiger partial charge in [0.1, 0.15) is 0 Å². The highest BCUT2D eigenvalue weighted by Crippen LogP contribution is 2.17. The summed E-state index contributed by atoms with van der Waals surface area (Å²) in [6.45, 7) is 8.76. The van der Waals surface area contributed by atoms with Gasteiger partial charge in [-0.3, -0.25) is 14.7 Å². The van der Waals surface area contributed by atoms with E-state index < -0.39 is 0 Å². The Morgan fingerprint density at radius 2 is 1.89 bits per heavy atom. The SMILES string of the molecule is CC(C)NC(=O)c1cncc(N2CCN(C/C=C/c3ccccc3)CC2)c1. The number of carbonyl (C=O) groups is 1. The van der Waals surface area contributed by atoms with Gasteiger partial charge in [-0.2, -0.15) is 0 Å². The first-order valence-electron chi connectivity index (χ1n) is 9.56. The molecule has 142 valence electrons. The fourth-order valence-corrected chi connectivity index (χ4v) is 3.16. The number of nitrogens with one attached hydrogen (secondary N) is 1. The van der Waals surface area contributed by atoms with Crippen molar-refractivity contribution in [3.8, 4) is 0 Å². The van der Waals surface area contributed by atoms with Crippen molar-refractivity contribution in [2.75, 3.05) is 37.6 Å². The molecule has 5 heteroatoms. The second-order valence-corrected chi connectivity index (χ2v) is 7.16. The number of benzene rings is 1. The van der Waals surface area contributed by atoms with Crippen molar-refractivity contribution in [1.29, 1.82) is 0 Å². The van der Waals surface area contributed by atoms with Crippen LogP contribution in [-0.4, -0.2) is 54.6 Å². The van der Waals surface area contributed by atoms with Crippen molar-refractivity contribution in [2.45, 2.75) is 19.9 Å². The molecule has 1 N–H and O–H groups in total.